The molecule has 0 spiro atoms. The molecule has 2 fully saturated rings. The molecular weight excluding hydrogens is 902 g/mol. The van der Waals surface area contributed by atoms with Crippen LogP contribution in [-0.4, -0.2) is 95.0 Å². The quantitative estimate of drug-likeness (QED) is 0.121. The van der Waals surface area contributed by atoms with E-state index >= 15 is 0 Å². The number of anilines is 1. The molecule has 1 saturated carbocycles. The van der Waals surface area contributed by atoms with Crippen molar-refractivity contribution in [1.82, 2.24) is 45.2 Å². The molecule has 69 heavy (non-hydrogen) atoms. The fourth-order valence-corrected chi connectivity index (χ4v) is 10.5. The van der Waals surface area contributed by atoms with Gasteiger partial charge in [0.05, 0.1) is 64.0 Å². The highest BCUT2D eigenvalue weighted by Crippen LogP contribution is 2.38. The molecule has 5 aromatic rings. The molecule has 8 rings (SSSR count). The van der Waals surface area contributed by atoms with Gasteiger partial charge in [0.1, 0.15) is 35.8 Å². The number of carbonyl (C=O) groups is 4. The van der Waals surface area contributed by atoms with Crippen molar-refractivity contribution in [3.63, 3.8) is 0 Å². The summed E-state index contributed by atoms with van der Waals surface area (Å²) in [4.78, 5) is 73.9. The third kappa shape index (κ3) is 10.0. The lowest BCUT2D eigenvalue weighted by atomic mass is 9.84. The molecule has 2 unspecified atom stereocenters. The first-order chi connectivity index (χ1) is 32.8. The average Bonchev–Trinajstić information content (AvgIpc) is 3.97. The zero-order chi connectivity index (χ0) is 49.5. The lowest BCUT2D eigenvalue weighted by Crippen LogP contribution is -2.58. The second-order valence-electron chi connectivity index (χ2n) is 19.5. The van der Waals surface area contributed by atoms with E-state index in [-0.39, 0.29) is 66.2 Å². The predicted molar refractivity (Wildman–Crippen MR) is 256 cm³/mol. The van der Waals surface area contributed by atoms with Crippen molar-refractivity contribution in [3.05, 3.63) is 93.8 Å². The predicted octanol–water partition coefficient (Wildman–Crippen LogP) is 6.58. The Balaban J connectivity index is 0.980. The van der Waals surface area contributed by atoms with Gasteiger partial charge in [-0.15, -0.1) is 11.3 Å². The van der Waals surface area contributed by atoms with Gasteiger partial charge in [0.25, 0.3) is 11.8 Å². The number of fused-ring (bicyclic) bond motifs is 5. The Morgan fingerprint density at radius 3 is 2.51 bits per heavy atom. The van der Waals surface area contributed by atoms with E-state index in [1.165, 1.54) is 34.2 Å². The second kappa shape index (κ2) is 19.7. The number of aliphatic hydroxyl groups excluding tert-OH is 1. The highest BCUT2D eigenvalue weighted by atomic mass is 32.1. The Morgan fingerprint density at radius 1 is 1.06 bits per heavy atom. The van der Waals surface area contributed by atoms with Crippen molar-refractivity contribution in [1.29, 1.82) is 5.26 Å². The van der Waals surface area contributed by atoms with Crippen LogP contribution in [0.5, 0.6) is 5.88 Å². The summed E-state index contributed by atoms with van der Waals surface area (Å²) < 4.78 is 22.3. The van der Waals surface area contributed by atoms with Crippen LogP contribution in [-0.2, 0) is 20.9 Å². The number of benzene rings is 2. The number of amides is 4. The van der Waals surface area contributed by atoms with Gasteiger partial charge >= 0.3 is 0 Å². The lowest BCUT2D eigenvalue weighted by Gasteiger charge is -2.36. The number of ether oxygens (including phenoxy) is 1. The number of β-amino-alcohol motifs (C(OH)–C–C–N with tert-alkyl or cyclic N) is 1. The summed E-state index contributed by atoms with van der Waals surface area (Å²) in [6.45, 7) is 11.0. The van der Waals surface area contributed by atoms with E-state index in [0.29, 0.717) is 48.9 Å². The summed E-state index contributed by atoms with van der Waals surface area (Å²) in [5.74, 6) is -2.67. The van der Waals surface area contributed by atoms with Gasteiger partial charge < -0.3 is 36.0 Å². The minimum Gasteiger partial charge on any atom is -0.467 e. The average molecular weight is 960 g/mol. The van der Waals surface area contributed by atoms with Crippen molar-refractivity contribution in [2.24, 2.45) is 11.3 Å². The number of carbonyl (C=O) groups excluding carboxylic acids is 4. The third-order valence-corrected chi connectivity index (χ3v) is 14.5. The van der Waals surface area contributed by atoms with Crippen molar-refractivity contribution in [2.45, 2.75) is 123 Å². The van der Waals surface area contributed by atoms with Gasteiger partial charge in [-0.3, -0.25) is 23.9 Å². The molecule has 362 valence electrons. The van der Waals surface area contributed by atoms with Gasteiger partial charge in [-0.05, 0) is 81.2 Å². The molecule has 2 bridgehead atoms. The van der Waals surface area contributed by atoms with Crippen molar-refractivity contribution >= 4 is 40.8 Å². The summed E-state index contributed by atoms with van der Waals surface area (Å²) >= 11 is 1.56. The van der Waals surface area contributed by atoms with Gasteiger partial charge in [-0.1, -0.05) is 51.5 Å². The van der Waals surface area contributed by atoms with E-state index in [0.717, 1.165) is 21.7 Å². The lowest BCUT2D eigenvalue weighted by molar-refractivity contribution is -0.144. The zero-order valence-corrected chi connectivity index (χ0v) is 40.6. The maximum atomic E-state index is 14.5. The highest BCUT2D eigenvalue weighted by Gasteiger charge is 2.45. The largest absolute Gasteiger partial charge is 0.467 e. The van der Waals surface area contributed by atoms with Crippen LogP contribution in [0, 0.1) is 35.4 Å². The minimum atomic E-state index is -1.01. The molecule has 2 aliphatic heterocycles. The molecule has 17 nitrogen and oxygen atoms in total. The maximum Gasteiger partial charge on any atom is 0.258 e. The molecule has 4 amide bonds. The first-order valence-electron chi connectivity index (χ1n) is 23.3. The molecule has 19 heteroatoms. The first kappa shape index (κ1) is 48.7. The minimum absolute atomic E-state index is 0.0268. The van der Waals surface area contributed by atoms with Crippen LogP contribution >= 0.6 is 11.3 Å². The van der Waals surface area contributed by atoms with Crippen molar-refractivity contribution in [3.8, 4) is 33.6 Å². The molecule has 5 N–H and O–H groups in total. The number of halogens is 1. The van der Waals surface area contributed by atoms with Crippen LogP contribution in [0.25, 0.3) is 21.7 Å². The number of nitrogen functional groups attached to an aromatic ring is 1. The summed E-state index contributed by atoms with van der Waals surface area (Å²) in [5.41, 5.74) is 11.8. The van der Waals surface area contributed by atoms with E-state index in [2.05, 4.69) is 31.7 Å². The Morgan fingerprint density at radius 2 is 1.81 bits per heavy atom. The normalized spacial score (nSPS) is 21.6. The van der Waals surface area contributed by atoms with Crippen molar-refractivity contribution in [2.75, 3.05) is 19.3 Å². The molecule has 0 radical (unpaired) electrons. The second-order valence-corrected chi connectivity index (χ2v) is 20.4. The van der Waals surface area contributed by atoms with Crippen LogP contribution in [0.3, 0.4) is 0 Å². The summed E-state index contributed by atoms with van der Waals surface area (Å²) in [6, 6.07) is 11.4. The van der Waals surface area contributed by atoms with Crippen LogP contribution in [0.1, 0.15) is 130 Å². The van der Waals surface area contributed by atoms with Crippen LogP contribution in [0.2, 0.25) is 0 Å². The number of aryl methyl sites for hydroxylation is 1. The number of likely N-dealkylation sites (tertiary alicyclic amines) is 1. The Kier molecular flexibility index (Phi) is 13.9. The van der Waals surface area contributed by atoms with E-state index in [9.17, 15) is 33.9 Å². The first-order valence-corrected chi connectivity index (χ1v) is 24.2. The van der Waals surface area contributed by atoms with E-state index in [1.807, 2.05) is 64.4 Å². The smallest absolute Gasteiger partial charge is 0.258 e. The fraction of sp³-hybridized carbons (Fsp3) is 0.460. The topological polar surface area (TPSA) is 235 Å². The molecular formula is C50H58FN11O6S. The summed E-state index contributed by atoms with van der Waals surface area (Å²) in [7, 11) is 1.60. The van der Waals surface area contributed by atoms with E-state index < -0.39 is 59.2 Å². The number of aromatic nitrogens is 5. The monoisotopic (exact) mass is 959 g/mol. The van der Waals surface area contributed by atoms with Crippen LogP contribution < -0.4 is 21.1 Å². The fourth-order valence-electron chi connectivity index (χ4n) is 9.68. The Bertz CT molecular complexity index is 2820. The molecule has 2 aromatic carbocycles. The molecule has 1 saturated heterocycles. The van der Waals surface area contributed by atoms with Gasteiger partial charge in [0.2, 0.25) is 17.7 Å². The zero-order valence-electron chi connectivity index (χ0n) is 39.8. The molecule has 1 aliphatic carbocycles. The van der Waals surface area contributed by atoms with Gasteiger partial charge in [0, 0.05) is 37.1 Å². The number of aliphatic hydroxyl groups is 1. The van der Waals surface area contributed by atoms with Crippen molar-refractivity contribution < 1.29 is 33.4 Å². The van der Waals surface area contributed by atoms with Gasteiger partial charge in [-0.25, -0.2) is 19.3 Å². The van der Waals surface area contributed by atoms with Gasteiger partial charge in [-0.2, -0.15) is 10.4 Å². The summed E-state index contributed by atoms with van der Waals surface area (Å²) in [6.07, 6.45) is 2.27. The number of nitrogens with zero attached hydrogens (tertiary/aromatic N) is 8. The number of hydrogen-bond acceptors (Lipinski definition) is 13. The Labute approximate surface area is 404 Å². The molecule has 3 aliphatic rings. The van der Waals surface area contributed by atoms with E-state index in [4.69, 9.17) is 15.6 Å². The molecule has 5 heterocycles. The Hall–Kier alpha value is -6.78. The number of rotatable bonds is 8. The standard InChI is InChI=1S/C50H58FN11O6S/c1-26(29-11-13-30(14-12-29)42-27(2)55-25-69-42)56-46(65)39-20-34(63)23-61(39)49(67)43(50(4,5)6)58-45(64)31-9-8-10-33(17-15-31)62-40(21-52)41-37-22-54-44(53)47(57-37)68-28(3)36-19-32(51)16-18-35(36)48(66)60(7)24-38(41)59-62/h11-14,16,18-19,22,25-26,28,31,33-34,39,43,63H,8-10,15,17,20,23-24H2,1-7H3,(H2,53,54)(H,56,65)(H,58,64)/t26-,28+,31?,33?,34+,39-,43+/m0/s1. The molecule has 7 atom stereocenters. The number of hydrogen-bond donors (Lipinski definition) is 4. The highest BCUT2D eigenvalue weighted by molar-refractivity contribution is 7.13. The third-order valence-electron chi connectivity index (χ3n) is 13.5. The number of thiazole rings is 1. The SMILES string of the molecule is Cc1ncsc1-c1ccc([C@H](C)NC(=O)[C@@H]2C[C@@H](O)CN2C(=O)[C@@H](NC(=O)C2CCCC(n3nc4c(c3C#N)-c3cnc(N)c(n3)O[C@H](C)c3cc(F)ccc3C(=O)N(C)C4)CC2)C(C)(C)C)cc1. The van der Waals surface area contributed by atoms with E-state index in [1.54, 1.807) is 30.0 Å². The van der Waals surface area contributed by atoms with Crippen LogP contribution in [0.15, 0.2) is 54.2 Å². The molecule has 3 aromatic heterocycles. The van der Waals surface area contributed by atoms with Gasteiger partial charge in [0.15, 0.2) is 5.82 Å². The number of nitrogens with two attached hydrogens (primary N) is 1. The maximum absolute atomic E-state index is 14.5. The number of nitriles is 1. The van der Waals surface area contributed by atoms with Crippen LogP contribution in [0.4, 0.5) is 10.2 Å². The summed E-state index contributed by atoms with van der Waals surface area (Å²) in [5, 5.41) is 32.6. The number of nitrogens with one attached hydrogen (secondary N) is 2.